The summed E-state index contributed by atoms with van der Waals surface area (Å²) in [5.41, 5.74) is 0.145. The van der Waals surface area contributed by atoms with Crippen LogP contribution < -0.4 is 0 Å². The molecule has 1 aromatic carbocycles. The zero-order valence-corrected chi connectivity index (χ0v) is 8.68. The van der Waals surface area contributed by atoms with E-state index in [1.54, 1.807) is 6.07 Å². The molecule has 0 heterocycles. The second-order valence-electron chi connectivity index (χ2n) is 2.14. The van der Waals surface area contributed by atoms with Gasteiger partial charge in [0, 0.05) is 5.56 Å². The van der Waals surface area contributed by atoms with Crippen LogP contribution in [0.15, 0.2) is 24.3 Å². The third kappa shape index (κ3) is 3.15. The molecule has 72 valence electrons. The van der Waals surface area contributed by atoms with Crippen molar-refractivity contribution < 1.29 is 17.3 Å². The number of hydrogen-bond donors (Lipinski definition) is 0. The van der Waals surface area contributed by atoms with Gasteiger partial charge in [-0.15, -0.1) is 0 Å². The molecule has 1 rings (SSSR count). The molecule has 6 heteroatoms. The van der Waals surface area contributed by atoms with Crippen molar-refractivity contribution in [2.75, 3.05) is 0 Å². The van der Waals surface area contributed by atoms with Crippen molar-refractivity contribution in [2.24, 2.45) is 0 Å². The molecule has 0 aliphatic carbocycles. The maximum atomic E-state index is 13.0. The summed E-state index contributed by atoms with van der Waals surface area (Å²) in [6, 6.07) is 5.75. The molecule has 0 radical (unpaired) electrons. The Hall–Kier alpha value is -0.300. The minimum Gasteiger partial charge on any atom is -0.750 e. The SMILES string of the molecule is O=S([O-])OC(Br)c1ccccc1F. The zero-order chi connectivity index (χ0) is 9.84. The van der Waals surface area contributed by atoms with E-state index in [0.717, 1.165) is 0 Å². The predicted octanol–water partition coefficient (Wildman–Crippen LogP) is 2.03. The molecule has 13 heavy (non-hydrogen) atoms. The molecule has 2 atom stereocenters. The Morgan fingerprint density at radius 1 is 1.54 bits per heavy atom. The van der Waals surface area contributed by atoms with Crippen molar-refractivity contribution in [3.8, 4) is 0 Å². The van der Waals surface area contributed by atoms with Crippen LogP contribution in [0, 0.1) is 5.82 Å². The molecule has 0 bridgehead atoms. The number of halogens is 2. The van der Waals surface area contributed by atoms with E-state index >= 15 is 0 Å². The Morgan fingerprint density at radius 3 is 2.69 bits per heavy atom. The smallest absolute Gasteiger partial charge is 0.156 e. The monoisotopic (exact) mass is 267 g/mol. The molecule has 2 unspecified atom stereocenters. The summed E-state index contributed by atoms with van der Waals surface area (Å²) >= 11 is 0.214. The Labute approximate surface area is 85.5 Å². The van der Waals surface area contributed by atoms with Gasteiger partial charge in [-0.25, -0.2) is 8.60 Å². The van der Waals surface area contributed by atoms with Crippen LogP contribution in [0.25, 0.3) is 0 Å². The fraction of sp³-hybridized carbons (Fsp3) is 0.143. The summed E-state index contributed by atoms with van der Waals surface area (Å²) in [6.07, 6.45) is 0. The molecule has 0 amide bonds. The van der Waals surface area contributed by atoms with Crippen LogP contribution in [0.1, 0.15) is 10.6 Å². The highest BCUT2D eigenvalue weighted by Crippen LogP contribution is 2.26. The van der Waals surface area contributed by atoms with E-state index in [0.29, 0.717) is 0 Å². The fourth-order valence-corrected chi connectivity index (χ4v) is 1.77. The maximum absolute atomic E-state index is 13.0. The van der Waals surface area contributed by atoms with Crippen LogP contribution in [-0.4, -0.2) is 8.76 Å². The summed E-state index contributed by atoms with van der Waals surface area (Å²) in [5.74, 6) is -0.519. The molecular formula is C7H5BrFO3S-. The second kappa shape index (κ2) is 4.80. The normalized spacial score (nSPS) is 15.3. The second-order valence-corrected chi connectivity index (χ2v) is 3.57. The average Bonchev–Trinajstić information content (AvgIpc) is 2.03. The van der Waals surface area contributed by atoms with Crippen molar-refractivity contribution in [2.45, 2.75) is 5.01 Å². The fourth-order valence-electron chi connectivity index (χ4n) is 0.780. The summed E-state index contributed by atoms with van der Waals surface area (Å²) in [7, 11) is 0. The molecule has 0 aliphatic rings. The lowest BCUT2D eigenvalue weighted by atomic mass is 10.2. The van der Waals surface area contributed by atoms with Crippen molar-refractivity contribution >= 4 is 27.3 Å². The quantitative estimate of drug-likeness (QED) is 0.622. The molecule has 0 aliphatic heterocycles. The lowest BCUT2D eigenvalue weighted by Crippen LogP contribution is -2.01. The average molecular weight is 268 g/mol. The van der Waals surface area contributed by atoms with Gasteiger partial charge in [0.15, 0.2) is 5.01 Å². The van der Waals surface area contributed by atoms with Crippen molar-refractivity contribution in [1.29, 1.82) is 0 Å². The van der Waals surface area contributed by atoms with Gasteiger partial charge in [0.05, 0.1) is 11.4 Å². The van der Waals surface area contributed by atoms with Gasteiger partial charge in [-0.05, 0) is 6.07 Å². The first-order valence-electron chi connectivity index (χ1n) is 3.26. The van der Waals surface area contributed by atoms with E-state index in [1.165, 1.54) is 18.2 Å². The van der Waals surface area contributed by atoms with Crippen LogP contribution >= 0.6 is 15.9 Å². The first kappa shape index (κ1) is 10.8. The molecule has 0 aromatic heterocycles. The molecule has 0 saturated heterocycles. The molecule has 0 saturated carbocycles. The van der Waals surface area contributed by atoms with Crippen LogP contribution in [0.5, 0.6) is 0 Å². The Bertz CT molecular complexity index is 320. The van der Waals surface area contributed by atoms with Crippen molar-refractivity contribution in [3.05, 3.63) is 35.6 Å². The van der Waals surface area contributed by atoms with Crippen LogP contribution in [0.4, 0.5) is 4.39 Å². The van der Waals surface area contributed by atoms with Gasteiger partial charge < -0.3 is 4.55 Å². The molecule has 0 spiro atoms. The Kier molecular flexibility index (Phi) is 3.98. The topological polar surface area (TPSA) is 49.4 Å². The minimum atomic E-state index is -2.67. The van der Waals surface area contributed by atoms with Gasteiger partial charge in [-0.1, -0.05) is 34.1 Å². The predicted molar refractivity (Wildman–Crippen MR) is 48.1 cm³/mol. The standard InChI is InChI=1S/C7H6BrFO3S/c8-7(12-13(10)11)5-3-1-2-4-6(5)9/h1-4,7H,(H,10,11)/p-1. The maximum Gasteiger partial charge on any atom is 0.156 e. The summed E-state index contributed by atoms with van der Waals surface area (Å²) in [4.78, 5) is 0. The minimum absolute atomic E-state index is 0.145. The number of rotatable bonds is 3. The lowest BCUT2D eigenvalue weighted by molar-refractivity contribution is 0.282. The molecule has 0 N–H and O–H groups in total. The van der Waals surface area contributed by atoms with Gasteiger partial charge in [0.25, 0.3) is 0 Å². The number of alkyl halides is 1. The van der Waals surface area contributed by atoms with Gasteiger partial charge >= 0.3 is 0 Å². The van der Waals surface area contributed by atoms with E-state index in [1.807, 2.05) is 0 Å². The largest absolute Gasteiger partial charge is 0.750 e. The first-order chi connectivity index (χ1) is 6.11. The molecule has 3 nitrogen and oxygen atoms in total. The third-order valence-electron chi connectivity index (χ3n) is 1.31. The van der Waals surface area contributed by atoms with E-state index in [-0.39, 0.29) is 5.56 Å². The van der Waals surface area contributed by atoms with Gasteiger partial charge in [0.2, 0.25) is 0 Å². The Morgan fingerprint density at radius 2 is 2.15 bits per heavy atom. The van der Waals surface area contributed by atoms with Gasteiger partial charge in [0.1, 0.15) is 5.82 Å². The van der Waals surface area contributed by atoms with Crippen molar-refractivity contribution in [3.63, 3.8) is 0 Å². The highest BCUT2D eigenvalue weighted by Gasteiger charge is 2.12. The number of hydrogen-bond acceptors (Lipinski definition) is 3. The van der Waals surface area contributed by atoms with Gasteiger partial charge in [-0.2, -0.15) is 0 Å². The molecule has 1 aromatic rings. The van der Waals surface area contributed by atoms with Crippen molar-refractivity contribution in [1.82, 2.24) is 0 Å². The molecule has 0 fully saturated rings. The highest BCUT2D eigenvalue weighted by molar-refractivity contribution is 9.09. The summed E-state index contributed by atoms with van der Waals surface area (Å²) in [5, 5.41) is -0.980. The summed E-state index contributed by atoms with van der Waals surface area (Å²) in [6.45, 7) is 0. The van der Waals surface area contributed by atoms with Crippen LogP contribution in [0.2, 0.25) is 0 Å². The molecular weight excluding hydrogens is 263 g/mol. The van der Waals surface area contributed by atoms with E-state index < -0.39 is 22.2 Å². The number of benzene rings is 1. The van der Waals surface area contributed by atoms with E-state index in [9.17, 15) is 13.2 Å². The van der Waals surface area contributed by atoms with E-state index in [2.05, 4.69) is 20.1 Å². The summed E-state index contributed by atoms with van der Waals surface area (Å²) < 4.78 is 37.5. The Balaban J connectivity index is 2.82. The van der Waals surface area contributed by atoms with Gasteiger partial charge in [-0.3, -0.25) is 4.18 Å². The lowest BCUT2D eigenvalue weighted by Gasteiger charge is -2.12. The van der Waals surface area contributed by atoms with E-state index in [4.69, 9.17) is 0 Å². The van der Waals surface area contributed by atoms with Crippen LogP contribution in [0.3, 0.4) is 0 Å². The van der Waals surface area contributed by atoms with Crippen LogP contribution in [-0.2, 0) is 15.5 Å². The zero-order valence-electron chi connectivity index (χ0n) is 6.28. The first-order valence-corrected chi connectivity index (χ1v) is 5.17. The highest BCUT2D eigenvalue weighted by atomic mass is 79.9. The third-order valence-corrected chi connectivity index (χ3v) is 2.59.